The van der Waals surface area contributed by atoms with E-state index in [4.69, 9.17) is 46.4 Å². The van der Waals surface area contributed by atoms with E-state index in [0.29, 0.717) is 11.1 Å². The lowest BCUT2D eigenvalue weighted by Crippen LogP contribution is -2.26. The van der Waals surface area contributed by atoms with Gasteiger partial charge in [-0.15, -0.1) is 0 Å². The van der Waals surface area contributed by atoms with Gasteiger partial charge in [-0.25, -0.2) is 0 Å². The van der Waals surface area contributed by atoms with Crippen molar-refractivity contribution in [3.05, 3.63) is 35.4 Å². The third kappa shape index (κ3) is 1.20. The first-order valence-electron chi connectivity index (χ1n) is 3.79. The summed E-state index contributed by atoms with van der Waals surface area (Å²) in [5, 5.41) is 0. The molecule has 1 aromatic carbocycles. The molecule has 1 aromatic rings. The smallest absolute Gasteiger partial charge is 0.213 e. The third-order valence-corrected chi connectivity index (χ3v) is 3.67. The summed E-state index contributed by atoms with van der Waals surface area (Å²) in [4.78, 5) is 11.7. The van der Waals surface area contributed by atoms with Crippen LogP contribution < -0.4 is 0 Å². The topological polar surface area (TPSA) is 17.1 Å². The van der Waals surface area contributed by atoms with Crippen molar-refractivity contribution in [2.24, 2.45) is 0 Å². The van der Waals surface area contributed by atoms with E-state index in [9.17, 15) is 4.79 Å². The van der Waals surface area contributed by atoms with Gasteiger partial charge in [-0.3, -0.25) is 4.79 Å². The third-order valence-electron chi connectivity index (χ3n) is 2.17. The minimum absolute atomic E-state index is 0.457. The Morgan fingerprint density at radius 2 is 1.21 bits per heavy atom. The fourth-order valence-electron chi connectivity index (χ4n) is 1.47. The molecule has 0 saturated heterocycles. The highest BCUT2D eigenvalue weighted by molar-refractivity contribution is 6.69. The maximum absolute atomic E-state index is 11.7. The summed E-state index contributed by atoms with van der Waals surface area (Å²) in [5.74, 6) is -0.613. The maximum Gasteiger partial charge on any atom is 0.213 e. The van der Waals surface area contributed by atoms with Crippen molar-refractivity contribution >= 4 is 52.2 Å². The maximum atomic E-state index is 11.7. The van der Waals surface area contributed by atoms with Crippen LogP contribution in [-0.4, -0.2) is 5.78 Å². The van der Waals surface area contributed by atoms with Gasteiger partial charge in [0.05, 0.1) is 0 Å². The predicted octanol–water partition coefficient (Wildman–Crippen LogP) is 3.53. The van der Waals surface area contributed by atoms with Gasteiger partial charge in [-0.1, -0.05) is 70.7 Å². The summed E-state index contributed by atoms with van der Waals surface area (Å²) >= 11 is 23.5. The second-order valence-corrected chi connectivity index (χ2v) is 5.68. The summed E-state index contributed by atoms with van der Waals surface area (Å²) in [6.07, 6.45) is 0. The highest BCUT2D eigenvalue weighted by Gasteiger charge is 2.57. The molecule has 2 rings (SSSR count). The van der Waals surface area contributed by atoms with E-state index in [0.717, 1.165) is 0 Å². The first kappa shape index (κ1) is 10.6. The van der Waals surface area contributed by atoms with Gasteiger partial charge in [0.2, 0.25) is 14.4 Å². The van der Waals surface area contributed by atoms with Crippen LogP contribution in [0.5, 0.6) is 0 Å². The second kappa shape index (κ2) is 3.02. The number of carbonyl (C=O) groups excluding carboxylic acids is 1. The Hall–Kier alpha value is 0.0500. The van der Waals surface area contributed by atoms with Gasteiger partial charge in [-0.2, -0.15) is 0 Å². The predicted molar refractivity (Wildman–Crippen MR) is 58.2 cm³/mol. The van der Waals surface area contributed by atoms with Gasteiger partial charge in [0.25, 0.3) is 0 Å². The number of rotatable bonds is 0. The van der Waals surface area contributed by atoms with Crippen LogP contribution >= 0.6 is 46.4 Å². The van der Waals surface area contributed by atoms with E-state index >= 15 is 0 Å². The van der Waals surface area contributed by atoms with Crippen LogP contribution in [0.2, 0.25) is 0 Å². The van der Waals surface area contributed by atoms with Crippen molar-refractivity contribution < 1.29 is 4.79 Å². The van der Waals surface area contributed by atoms with Crippen molar-refractivity contribution in [2.45, 2.75) is 8.67 Å². The molecule has 0 N–H and O–H groups in total. The van der Waals surface area contributed by atoms with Crippen molar-refractivity contribution in [3.63, 3.8) is 0 Å². The lowest BCUT2D eigenvalue weighted by Gasteiger charge is -2.13. The molecule has 0 heterocycles. The molecular formula is C9H4Cl4O. The Bertz CT molecular complexity index is 374. The van der Waals surface area contributed by atoms with E-state index in [1.54, 1.807) is 24.3 Å². The van der Waals surface area contributed by atoms with Gasteiger partial charge < -0.3 is 0 Å². The SMILES string of the molecule is O=C1C(Cl)(Cl)c2ccccc2C1(Cl)Cl. The zero-order valence-corrected chi connectivity index (χ0v) is 9.75. The van der Waals surface area contributed by atoms with E-state index < -0.39 is 14.4 Å². The summed E-state index contributed by atoms with van der Waals surface area (Å²) in [6, 6.07) is 6.72. The van der Waals surface area contributed by atoms with Crippen LogP contribution in [0.1, 0.15) is 11.1 Å². The molecule has 0 atom stereocenters. The first-order chi connectivity index (χ1) is 6.38. The average Bonchev–Trinajstić information content (AvgIpc) is 2.28. The van der Waals surface area contributed by atoms with Crippen molar-refractivity contribution in [2.75, 3.05) is 0 Å². The van der Waals surface area contributed by atoms with Crippen LogP contribution in [0.25, 0.3) is 0 Å². The molecule has 0 spiro atoms. The Morgan fingerprint density at radius 1 is 0.857 bits per heavy atom. The largest absolute Gasteiger partial charge is 0.292 e. The highest BCUT2D eigenvalue weighted by Crippen LogP contribution is 2.55. The molecule has 0 amide bonds. The number of ketones is 1. The Kier molecular flexibility index (Phi) is 2.28. The summed E-state index contributed by atoms with van der Waals surface area (Å²) < 4.78 is -3.28. The molecule has 0 bridgehead atoms. The number of fused-ring (bicyclic) bond motifs is 1. The average molecular weight is 270 g/mol. The van der Waals surface area contributed by atoms with Gasteiger partial charge in [-0.05, 0) is 0 Å². The normalized spacial score (nSPS) is 22.1. The lowest BCUT2D eigenvalue weighted by atomic mass is 10.1. The fourth-order valence-corrected chi connectivity index (χ4v) is 2.89. The molecular weight excluding hydrogens is 266 g/mol. The Morgan fingerprint density at radius 3 is 1.57 bits per heavy atom. The first-order valence-corrected chi connectivity index (χ1v) is 5.30. The van der Waals surface area contributed by atoms with Gasteiger partial charge in [0.1, 0.15) is 0 Å². The van der Waals surface area contributed by atoms with E-state index in [1.807, 2.05) is 0 Å². The van der Waals surface area contributed by atoms with Crippen molar-refractivity contribution in [3.8, 4) is 0 Å². The van der Waals surface area contributed by atoms with E-state index in [1.165, 1.54) is 0 Å². The van der Waals surface area contributed by atoms with Gasteiger partial charge in [0, 0.05) is 11.1 Å². The molecule has 0 radical (unpaired) electrons. The Balaban J connectivity index is 2.76. The molecule has 1 nitrogen and oxygen atoms in total. The molecule has 14 heavy (non-hydrogen) atoms. The molecule has 0 unspecified atom stereocenters. The fraction of sp³-hybridized carbons (Fsp3) is 0.222. The molecule has 0 aliphatic heterocycles. The van der Waals surface area contributed by atoms with E-state index in [2.05, 4.69) is 0 Å². The number of benzene rings is 1. The zero-order valence-electron chi connectivity index (χ0n) is 6.73. The molecule has 1 aliphatic carbocycles. The number of alkyl halides is 4. The lowest BCUT2D eigenvalue weighted by molar-refractivity contribution is -0.119. The number of carbonyl (C=O) groups is 1. The number of halogens is 4. The monoisotopic (exact) mass is 268 g/mol. The molecule has 1 aliphatic rings. The minimum Gasteiger partial charge on any atom is -0.292 e. The summed E-state index contributed by atoms with van der Waals surface area (Å²) in [5.41, 5.74) is 0.914. The molecule has 74 valence electrons. The van der Waals surface area contributed by atoms with Crippen LogP contribution in [0.15, 0.2) is 24.3 Å². The summed E-state index contributed by atoms with van der Waals surface area (Å²) in [7, 11) is 0. The summed E-state index contributed by atoms with van der Waals surface area (Å²) in [6.45, 7) is 0. The van der Waals surface area contributed by atoms with Crippen LogP contribution in [0, 0.1) is 0 Å². The van der Waals surface area contributed by atoms with Crippen LogP contribution in [0.4, 0.5) is 0 Å². The van der Waals surface area contributed by atoms with Crippen molar-refractivity contribution in [1.29, 1.82) is 0 Å². The molecule has 0 aromatic heterocycles. The van der Waals surface area contributed by atoms with Crippen LogP contribution in [0.3, 0.4) is 0 Å². The number of Topliss-reactive ketones (excluding diaryl/α,β-unsaturated/α-hetero) is 1. The molecule has 5 heteroatoms. The second-order valence-electron chi connectivity index (χ2n) is 3.02. The standard InChI is InChI=1S/C9H4Cl4O/c10-8(11)5-3-1-2-4-6(5)9(12,13)7(8)14/h1-4H. The number of hydrogen-bond acceptors (Lipinski definition) is 1. The van der Waals surface area contributed by atoms with Crippen LogP contribution in [-0.2, 0) is 13.5 Å². The number of hydrogen-bond donors (Lipinski definition) is 0. The molecule has 0 fully saturated rings. The zero-order chi connectivity index (χ0) is 10.6. The minimum atomic E-state index is -1.64. The van der Waals surface area contributed by atoms with E-state index in [-0.39, 0.29) is 0 Å². The highest BCUT2D eigenvalue weighted by atomic mass is 35.5. The van der Waals surface area contributed by atoms with Gasteiger partial charge >= 0.3 is 0 Å². The molecule has 0 saturated carbocycles. The van der Waals surface area contributed by atoms with Crippen molar-refractivity contribution in [1.82, 2.24) is 0 Å². The Labute approximate surface area is 101 Å². The van der Waals surface area contributed by atoms with Gasteiger partial charge in [0.15, 0.2) is 0 Å². The quantitative estimate of drug-likeness (QED) is 0.659.